The number of amides is 1. The summed E-state index contributed by atoms with van der Waals surface area (Å²) in [4.78, 5) is 12.7. The number of piperidine rings is 1. The summed E-state index contributed by atoms with van der Waals surface area (Å²) < 4.78 is 38.6. The topological polar surface area (TPSA) is 84.9 Å². The first kappa shape index (κ1) is 21.4. The highest BCUT2D eigenvalue weighted by molar-refractivity contribution is 7.91. The van der Waals surface area contributed by atoms with Crippen LogP contribution in [0.4, 0.5) is 0 Å². The van der Waals surface area contributed by atoms with Crippen LogP contribution in [0.1, 0.15) is 24.8 Å². The maximum absolute atomic E-state index is 12.8. The van der Waals surface area contributed by atoms with Crippen LogP contribution in [0.3, 0.4) is 0 Å². The molecule has 1 aromatic heterocycles. The fourth-order valence-corrected chi connectivity index (χ4v) is 6.59. The molecule has 0 spiro atoms. The van der Waals surface area contributed by atoms with E-state index in [0.717, 1.165) is 12.0 Å². The van der Waals surface area contributed by atoms with Gasteiger partial charge in [-0.2, -0.15) is 4.31 Å². The van der Waals surface area contributed by atoms with Gasteiger partial charge in [0.25, 0.3) is 10.0 Å². The van der Waals surface area contributed by atoms with Gasteiger partial charge in [-0.3, -0.25) is 4.79 Å². The van der Waals surface area contributed by atoms with Crippen molar-refractivity contribution < 1.29 is 22.7 Å². The first-order valence-electron chi connectivity index (χ1n) is 9.84. The number of ether oxygens (including phenoxy) is 2. The van der Waals surface area contributed by atoms with Crippen LogP contribution in [-0.2, 0) is 21.4 Å². The summed E-state index contributed by atoms with van der Waals surface area (Å²) >= 11 is 7.50. The minimum Gasteiger partial charge on any atom is -0.489 e. The van der Waals surface area contributed by atoms with E-state index in [2.05, 4.69) is 5.32 Å². The second-order valence-electron chi connectivity index (χ2n) is 7.31. The fraction of sp³-hybridized carbons (Fsp3) is 0.450. The quantitative estimate of drug-likeness (QED) is 0.724. The van der Waals surface area contributed by atoms with Gasteiger partial charge in [-0.1, -0.05) is 17.7 Å². The zero-order chi connectivity index (χ0) is 21.1. The molecule has 2 aliphatic heterocycles. The molecular formula is C20H23ClN2O5S2. The van der Waals surface area contributed by atoms with Crippen LogP contribution in [0.5, 0.6) is 11.5 Å². The highest BCUT2D eigenvalue weighted by atomic mass is 35.5. The second-order valence-corrected chi connectivity index (χ2v) is 10.8. The van der Waals surface area contributed by atoms with E-state index in [-0.39, 0.29) is 24.9 Å². The van der Waals surface area contributed by atoms with Gasteiger partial charge in [0.15, 0.2) is 11.5 Å². The number of hydrogen-bond acceptors (Lipinski definition) is 6. The molecule has 7 nitrogen and oxygen atoms in total. The van der Waals surface area contributed by atoms with Crippen LogP contribution >= 0.6 is 22.9 Å². The number of sulfonamides is 1. The Morgan fingerprint density at radius 1 is 1.27 bits per heavy atom. The molecule has 1 saturated heterocycles. The van der Waals surface area contributed by atoms with Crippen molar-refractivity contribution in [1.29, 1.82) is 0 Å². The third-order valence-corrected chi connectivity index (χ3v) is 8.69. The molecule has 1 aromatic carbocycles. The zero-order valence-electron chi connectivity index (χ0n) is 16.3. The van der Waals surface area contributed by atoms with Crippen LogP contribution < -0.4 is 14.8 Å². The number of fused-ring (bicyclic) bond motifs is 1. The molecule has 1 atom stereocenters. The Morgan fingerprint density at radius 2 is 2.10 bits per heavy atom. The molecule has 2 aliphatic rings. The Morgan fingerprint density at radius 3 is 2.90 bits per heavy atom. The molecule has 0 bridgehead atoms. The summed E-state index contributed by atoms with van der Waals surface area (Å²) in [5, 5.41) is 5.10. The molecule has 2 aromatic rings. The van der Waals surface area contributed by atoms with E-state index in [0.29, 0.717) is 53.3 Å². The van der Waals surface area contributed by atoms with Gasteiger partial charge < -0.3 is 14.8 Å². The van der Waals surface area contributed by atoms with Crippen LogP contribution in [0.25, 0.3) is 0 Å². The summed E-state index contributed by atoms with van der Waals surface area (Å²) in [6, 6.07) is 6.88. The van der Waals surface area contributed by atoms with Crippen LogP contribution in [0.15, 0.2) is 33.9 Å². The molecule has 0 unspecified atom stereocenters. The second kappa shape index (κ2) is 9.13. The lowest BCUT2D eigenvalue weighted by Crippen LogP contribution is -2.45. The van der Waals surface area contributed by atoms with E-state index in [1.807, 2.05) is 6.07 Å². The molecule has 4 rings (SSSR count). The Balaban J connectivity index is 1.40. The van der Waals surface area contributed by atoms with Gasteiger partial charge in [0, 0.05) is 26.1 Å². The Kier molecular flexibility index (Phi) is 6.52. The summed E-state index contributed by atoms with van der Waals surface area (Å²) in [5.74, 6) is 0.565. The fourth-order valence-electron chi connectivity index (χ4n) is 3.63. The summed E-state index contributed by atoms with van der Waals surface area (Å²) in [5.41, 5.74) is 0.802. The van der Waals surface area contributed by atoms with Crippen molar-refractivity contribution in [2.45, 2.75) is 30.0 Å². The minimum atomic E-state index is -3.55. The number of hydrogen-bond donors (Lipinski definition) is 1. The SMILES string of the molecule is O=C(NCc1cc(Cl)c2c(c1)OCCCO2)[C@H]1CCCN(S(=O)(=O)c2cccs2)C1. The van der Waals surface area contributed by atoms with Gasteiger partial charge >= 0.3 is 0 Å². The molecule has 0 aliphatic carbocycles. The van der Waals surface area contributed by atoms with Gasteiger partial charge in [0.1, 0.15) is 4.21 Å². The summed E-state index contributed by atoms with van der Waals surface area (Å²) in [6.07, 6.45) is 2.09. The molecular weight excluding hydrogens is 448 g/mol. The number of halogens is 1. The predicted molar refractivity (Wildman–Crippen MR) is 115 cm³/mol. The van der Waals surface area contributed by atoms with Gasteiger partial charge in [0.2, 0.25) is 5.91 Å². The molecule has 3 heterocycles. The number of carbonyl (C=O) groups is 1. The van der Waals surface area contributed by atoms with Gasteiger partial charge in [-0.15, -0.1) is 11.3 Å². The lowest BCUT2D eigenvalue weighted by atomic mass is 9.98. The monoisotopic (exact) mass is 470 g/mol. The lowest BCUT2D eigenvalue weighted by molar-refractivity contribution is -0.126. The van der Waals surface area contributed by atoms with Crippen molar-refractivity contribution in [3.05, 3.63) is 40.2 Å². The van der Waals surface area contributed by atoms with E-state index >= 15 is 0 Å². The minimum absolute atomic E-state index is 0.163. The molecule has 1 N–H and O–H groups in total. The smallest absolute Gasteiger partial charge is 0.252 e. The lowest BCUT2D eigenvalue weighted by Gasteiger charge is -2.30. The molecule has 0 radical (unpaired) electrons. The highest BCUT2D eigenvalue weighted by Gasteiger charge is 2.33. The third-order valence-electron chi connectivity index (χ3n) is 5.17. The van der Waals surface area contributed by atoms with Crippen molar-refractivity contribution in [1.82, 2.24) is 9.62 Å². The van der Waals surface area contributed by atoms with E-state index in [1.54, 1.807) is 23.6 Å². The maximum atomic E-state index is 12.8. The maximum Gasteiger partial charge on any atom is 0.252 e. The summed E-state index contributed by atoms with van der Waals surface area (Å²) in [7, 11) is -3.55. The van der Waals surface area contributed by atoms with Crippen LogP contribution in [-0.4, -0.2) is 44.9 Å². The van der Waals surface area contributed by atoms with Gasteiger partial charge in [-0.25, -0.2) is 8.42 Å². The first-order chi connectivity index (χ1) is 14.4. The Labute approximate surface area is 185 Å². The van der Waals surface area contributed by atoms with E-state index in [1.165, 1.54) is 15.6 Å². The summed E-state index contributed by atoms with van der Waals surface area (Å²) in [6.45, 7) is 2.00. The van der Waals surface area contributed by atoms with Gasteiger partial charge in [0.05, 0.1) is 24.2 Å². The van der Waals surface area contributed by atoms with Crippen molar-refractivity contribution >= 4 is 38.9 Å². The van der Waals surface area contributed by atoms with E-state index in [9.17, 15) is 13.2 Å². The third kappa shape index (κ3) is 4.59. The van der Waals surface area contributed by atoms with Crippen LogP contribution in [0.2, 0.25) is 5.02 Å². The van der Waals surface area contributed by atoms with E-state index < -0.39 is 10.0 Å². The molecule has 162 valence electrons. The molecule has 1 fully saturated rings. The Hall–Kier alpha value is -1.81. The van der Waals surface area contributed by atoms with Crippen molar-refractivity contribution in [3.63, 3.8) is 0 Å². The van der Waals surface area contributed by atoms with Crippen molar-refractivity contribution in [3.8, 4) is 11.5 Å². The first-order valence-corrected chi connectivity index (χ1v) is 12.5. The normalized spacial score (nSPS) is 19.8. The van der Waals surface area contributed by atoms with E-state index in [4.69, 9.17) is 21.1 Å². The average Bonchev–Trinajstić information content (AvgIpc) is 3.19. The number of carbonyl (C=O) groups excluding carboxylic acids is 1. The zero-order valence-corrected chi connectivity index (χ0v) is 18.7. The molecule has 0 saturated carbocycles. The van der Waals surface area contributed by atoms with Crippen molar-refractivity contribution in [2.75, 3.05) is 26.3 Å². The average molecular weight is 471 g/mol. The molecule has 30 heavy (non-hydrogen) atoms. The largest absolute Gasteiger partial charge is 0.489 e. The number of rotatable bonds is 5. The number of nitrogens with one attached hydrogen (secondary N) is 1. The Bertz CT molecular complexity index is 1010. The number of nitrogens with zero attached hydrogens (tertiary/aromatic N) is 1. The molecule has 10 heteroatoms. The van der Waals surface area contributed by atoms with Crippen LogP contribution in [0, 0.1) is 5.92 Å². The predicted octanol–water partition coefficient (Wildman–Crippen LogP) is 3.28. The molecule has 1 amide bonds. The van der Waals surface area contributed by atoms with Crippen molar-refractivity contribution in [2.24, 2.45) is 5.92 Å². The van der Waals surface area contributed by atoms with Gasteiger partial charge in [-0.05, 0) is 42.0 Å². The standard InChI is InChI=1S/C20H23ClN2O5S2/c21-16-10-14(11-17-19(16)28-8-3-7-27-17)12-22-20(24)15-4-1-6-23(13-15)30(25,26)18-5-2-9-29-18/h2,5,9-11,15H,1,3-4,6-8,12-13H2,(H,22,24)/t15-/m0/s1. The number of benzene rings is 1. The number of thiophene rings is 1. The highest BCUT2D eigenvalue weighted by Crippen LogP contribution is 2.38.